The molecule has 0 aromatic heterocycles. The summed E-state index contributed by atoms with van der Waals surface area (Å²) < 4.78 is 0. The van der Waals surface area contributed by atoms with Crippen molar-refractivity contribution in [3.8, 4) is 0 Å². The fourth-order valence-electron chi connectivity index (χ4n) is 1.98. The van der Waals surface area contributed by atoms with Gasteiger partial charge in [0.2, 0.25) is 5.91 Å². The summed E-state index contributed by atoms with van der Waals surface area (Å²) in [6, 6.07) is 7.95. The summed E-state index contributed by atoms with van der Waals surface area (Å²) in [5.41, 5.74) is 0.929. The predicted octanol–water partition coefficient (Wildman–Crippen LogP) is 2.49. The van der Waals surface area contributed by atoms with Crippen LogP contribution in [-0.2, 0) is 4.79 Å². The minimum Gasteiger partial charge on any atom is -0.324 e. The van der Waals surface area contributed by atoms with E-state index in [1.807, 2.05) is 24.3 Å². The lowest BCUT2D eigenvalue weighted by molar-refractivity contribution is -0.117. The van der Waals surface area contributed by atoms with Gasteiger partial charge in [-0.1, -0.05) is 19.1 Å². The topological polar surface area (TPSA) is 41.1 Å². The first-order valence-electron chi connectivity index (χ1n) is 6.07. The van der Waals surface area contributed by atoms with Crippen LogP contribution in [0.3, 0.4) is 0 Å². The van der Waals surface area contributed by atoms with Crippen molar-refractivity contribution in [3.63, 3.8) is 0 Å². The van der Waals surface area contributed by atoms with Crippen molar-refractivity contribution in [3.05, 3.63) is 24.3 Å². The van der Waals surface area contributed by atoms with E-state index in [0.717, 1.165) is 35.7 Å². The van der Waals surface area contributed by atoms with Crippen LogP contribution in [-0.4, -0.2) is 24.2 Å². The van der Waals surface area contributed by atoms with Crippen LogP contribution in [0.25, 0.3) is 0 Å². The van der Waals surface area contributed by atoms with Crippen LogP contribution in [0.15, 0.2) is 29.2 Å². The largest absolute Gasteiger partial charge is 0.324 e. The van der Waals surface area contributed by atoms with Crippen molar-refractivity contribution in [2.24, 2.45) is 0 Å². The number of hydrogen-bond acceptors (Lipinski definition) is 3. The molecule has 2 rings (SSSR count). The number of anilines is 1. The van der Waals surface area contributed by atoms with Crippen molar-refractivity contribution in [2.45, 2.75) is 30.7 Å². The molecule has 1 atom stereocenters. The first-order chi connectivity index (χ1) is 8.31. The Bertz CT molecular complexity index is 389. The van der Waals surface area contributed by atoms with E-state index in [1.165, 1.54) is 0 Å². The Labute approximate surface area is 106 Å². The zero-order valence-electron chi connectivity index (χ0n) is 10.0. The highest BCUT2D eigenvalue weighted by Gasteiger charge is 2.22. The SMILES string of the molecule is CCSc1ccccc1NC(=O)[C@H]1CCCN1. The van der Waals surface area contributed by atoms with Crippen molar-refractivity contribution in [1.29, 1.82) is 0 Å². The molecular weight excluding hydrogens is 232 g/mol. The van der Waals surface area contributed by atoms with E-state index in [-0.39, 0.29) is 11.9 Å². The van der Waals surface area contributed by atoms with Gasteiger partial charge in [0.25, 0.3) is 0 Å². The summed E-state index contributed by atoms with van der Waals surface area (Å²) in [6.07, 6.45) is 2.03. The maximum absolute atomic E-state index is 12.0. The quantitative estimate of drug-likeness (QED) is 0.807. The number of rotatable bonds is 4. The molecule has 0 unspecified atom stereocenters. The van der Waals surface area contributed by atoms with Gasteiger partial charge in [-0.05, 0) is 37.3 Å². The molecule has 3 nitrogen and oxygen atoms in total. The first kappa shape index (κ1) is 12.5. The molecule has 1 aliphatic rings. The summed E-state index contributed by atoms with van der Waals surface area (Å²) in [6.45, 7) is 3.06. The van der Waals surface area contributed by atoms with E-state index in [0.29, 0.717) is 0 Å². The fourth-order valence-corrected chi connectivity index (χ4v) is 2.74. The maximum Gasteiger partial charge on any atom is 0.241 e. The highest BCUT2D eigenvalue weighted by Crippen LogP contribution is 2.26. The first-order valence-corrected chi connectivity index (χ1v) is 7.06. The zero-order valence-corrected chi connectivity index (χ0v) is 10.8. The molecule has 0 aliphatic carbocycles. The molecule has 1 heterocycles. The zero-order chi connectivity index (χ0) is 12.1. The van der Waals surface area contributed by atoms with Gasteiger partial charge in [0.05, 0.1) is 11.7 Å². The lowest BCUT2D eigenvalue weighted by Crippen LogP contribution is -2.35. The Morgan fingerprint density at radius 2 is 2.35 bits per heavy atom. The molecule has 1 aliphatic heterocycles. The highest BCUT2D eigenvalue weighted by atomic mass is 32.2. The molecule has 0 radical (unpaired) electrons. The van der Waals surface area contributed by atoms with Crippen LogP contribution < -0.4 is 10.6 Å². The van der Waals surface area contributed by atoms with Crippen molar-refractivity contribution in [1.82, 2.24) is 5.32 Å². The number of nitrogens with one attached hydrogen (secondary N) is 2. The molecule has 1 aromatic rings. The third-order valence-corrected chi connectivity index (χ3v) is 3.78. The van der Waals surface area contributed by atoms with Crippen LogP contribution >= 0.6 is 11.8 Å². The van der Waals surface area contributed by atoms with Gasteiger partial charge < -0.3 is 10.6 Å². The fraction of sp³-hybridized carbons (Fsp3) is 0.462. The lowest BCUT2D eigenvalue weighted by atomic mass is 10.2. The van der Waals surface area contributed by atoms with Crippen molar-refractivity contribution in [2.75, 3.05) is 17.6 Å². The number of carbonyl (C=O) groups is 1. The van der Waals surface area contributed by atoms with E-state index < -0.39 is 0 Å². The van der Waals surface area contributed by atoms with E-state index in [9.17, 15) is 4.79 Å². The molecule has 0 bridgehead atoms. The molecule has 92 valence electrons. The molecule has 0 saturated carbocycles. The maximum atomic E-state index is 12.0. The second-order valence-electron chi connectivity index (χ2n) is 4.07. The summed E-state index contributed by atoms with van der Waals surface area (Å²) in [7, 11) is 0. The molecular formula is C13H18N2OS. The average Bonchev–Trinajstić information content (AvgIpc) is 2.85. The smallest absolute Gasteiger partial charge is 0.241 e. The molecule has 1 saturated heterocycles. The number of para-hydroxylation sites is 1. The van der Waals surface area contributed by atoms with Crippen LogP contribution in [0, 0.1) is 0 Å². The Balaban J connectivity index is 2.04. The summed E-state index contributed by atoms with van der Waals surface area (Å²) in [4.78, 5) is 13.1. The van der Waals surface area contributed by atoms with Gasteiger partial charge in [0.15, 0.2) is 0 Å². The van der Waals surface area contributed by atoms with Crippen LogP contribution in [0.5, 0.6) is 0 Å². The number of hydrogen-bond donors (Lipinski definition) is 2. The van der Waals surface area contributed by atoms with Crippen molar-refractivity contribution >= 4 is 23.4 Å². The summed E-state index contributed by atoms with van der Waals surface area (Å²) in [5.74, 6) is 1.10. The van der Waals surface area contributed by atoms with Crippen LogP contribution in [0.1, 0.15) is 19.8 Å². The molecule has 1 amide bonds. The van der Waals surface area contributed by atoms with Gasteiger partial charge >= 0.3 is 0 Å². The number of thioether (sulfide) groups is 1. The van der Waals surface area contributed by atoms with Gasteiger partial charge in [-0.15, -0.1) is 11.8 Å². The van der Waals surface area contributed by atoms with E-state index in [1.54, 1.807) is 11.8 Å². The molecule has 2 N–H and O–H groups in total. The Morgan fingerprint density at radius 3 is 3.06 bits per heavy atom. The molecule has 1 fully saturated rings. The number of amides is 1. The van der Waals surface area contributed by atoms with Gasteiger partial charge in [0, 0.05) is 4.90 Å². The van der Waals surface area contributed by atoms with E-state index >= 15 is 0 Å². The van der Waals surface area contributed by atoms with Crippen molar-refractivity contribution < 1.29 is 4.79 Å². The minimum atomic E-state index is -0.0188. The Kier molecular flexibility index (Phi) is 4.45. The monoisotopic (exact) mass is 250 g/mol. The lowest BCUT2D eigenvalue weighted by Gasteiger charge is -2.13. The van der Waals surface area contributed by atoms with E-state index in [4.69, 9.17) is 0 Å². The van der Waals surface area contributed by atoms with E-state index in [2.05, 4.69) is 17.6 Å². The Morgan fingerprint density at radius 1 is 1.53 bits per heavy atom. The third kappa shape index (κ3) is 3.23. The average molecular weight is 250 g/mol. The second-order valence-corrected chi connectivity index (χ2v) is 5.37. The summed E-state index contributed by atoms with van der Waals surface area (Å²) in [5, 5.41) is 6.22. The van der Waals surface area contributed by atoms with Gasteiger partial charge in [0.1, 0.15) is 0 Å². The summed E-state index contributed by atoms with van der Waals surface area (Å²) >= 11 is 1.75. The van der Waals surface area contributed by atoms with Crippen LogP contribution in [0.2, 0.25) is 0 Å². The Hall–Kier alpha value is -1.00. The number of benzene rings is 1. The number of carbonyl (C=O) groups excluding carboxylic acids is 1. The standard InChI is InChI=1S/C13H18N2OS/c1-2-17-12-8-4-3-6-10(12)15-13(16)11-7-5-9-14-11/h3-4,6,8,11,14H,2,5,7,9H2,1H3,(H,15,16)/t11-/m1/s1. The molecule has 0 spiro atoms. The normalized spacial score (nSPS) is 19.2. The van der Waals surface area contributed by atoms with Gasteiger partial charge in [-0.25, -0.2) is 0 Å². The molecule has 4 heteroatoms. The van der Waals surface area contributed by atoms with Crippen LogP contribution in [0.4, 0.5) is 5.69 Å². The predicted molar refractivity (Wildman–Crippen MR) is 72.5 cm³/mol. The van der Waals surface area contributed by atoms with Gasteiger partial charge in [-0.3, -0.25) is 4.79 Å². The second kappa shape index (κ2) is 6.07. The molecule has 1 aromatic carbocycles. The molecule has 17 heavy (non-hydrogen) atoms. The third-order valence-electron chi connectivity index (χ3n) is 2.82. The minimum absolute atomic E-state index is 0.0188. The van der Waals surface area contributed by atoms with Gasteiger partial charge in [-0.2, -0.15) is 0 Å². The highest BCUT2D eigenvalue weighted by molar-refractivity contribution is 7.99.